The molecular weight excluding hydrogens is 364 g/mol. The number of methoxy groups -OCH3 is 2. The van der Waals surface area contributed by atoms with Gasteiger partial charge in [0.05, 0.1) is 20.8 Å². The standard InChI is InChI=1S/C20H22N2O4S/c1-13-6-5-7-14(2)18(13)25-8-9-27-20-22-21-19(26-20)15-10-16(23-3)12-17(11-15)24-4/h5-7,10-12H,8-9H2,1-4H3. The topological polar surface area (TPSA) is 66.6 Å². The monoisotopic (exact) mass is 386 g/mol. The molecule has 0 amide bonds. The summed E-state index contributed by atoms with van der Waals surface area (Å²) in [6.07, 6.45) is 0. The number of benzene rings is 2. The lowest BCUT2D eigenvalue weighted by atomic mass is 10.1. The number of nitrogens with zero attached hydrogens (tertiary/aromatic N) is 2. The number of hydrogen-bond donors (Lipinski definition) is 0. The highest BCUT2D eigenvalue weighted by Gasteiger charge is 2.12. The number of rotatable bonds is 8. The van der Waals surface area contributed by atoms with Gasteiger partial charge >= 0.3 is 0 Å². The molecular formula is C20H22N2O4S. The van der Waals surface area contributed by atoms with E-state index in [9.17, 15) is 0 Å². The van der Waals surface area contributed by atoms with Gasteiger partial charge in [0.1, 0.15) is 17.2 Å². The van der Waals surface area contributed by atoms with Crippen LogP contribution in [-0.4, -0.2) is 36.8 Å². The maximum absolute atomic E-state index is 5.90. The maximum atomic E-state index is 5.90. The lowest BCUT2D eigenvalue weighted by molar-refractivity contribution is 0.338. The molecule has 0 fully saturated rings. The Morgan fingerprint density at radius 2 is 1.63 bits per heavy atom. The predicted molar refractivity (Wildman–Crippen MR) is 105 cm³/mol. The Hall–Kier alpha value is -2.67. The zero-order valence-electron chi connectivity index (χ0n) is 15.8. The highest BCUT2D eigenvalue weighted by molar-refractivity contribution is 7.99. The summed E-state index contributed by atoms with van der Waals surface area (Å²) in [5, 5.41) is 8.70. The Balaban J connectivity index is 1.60. The molecule has 6 nitrogen and oxygen atoms in total. The molecule has 0 unspecified atom stereocenters. The van der Waals surface area contributed by atoms with Gasteiger partial charge in [0.15, 0.2) is 0 Å². The fourth-order valence-corrected chi connectivity index (χ4v) is 3.19. The van der Waals surface area contributed by atoms with Crippen molar-refractivity contribution < 1.29 is 18.6 Å². The molecule has 0 radical (unpaired) electrons. The minimum absolute atomic E-state index is 0.422. The normalized spacial score (nSPS) is 10.7. The number of hydrogen-bond acceptors (Lipinski definition) is 7. The average molecular weight is 386 g/mol. The predicted octanol–water partition coefficient (Wildman–Crippen LogP) is 4.54. The van der Waals surface area contributed by atoms with Crippen LogP contribution in [0.1, 0.15) is 11.1 Å². The molecule has 0 saturated carbocycles. The van der Waals surface area contributed by atoms with Gasteiger partial charge in [-0.05, 0) is 37.1 Å². The average Bonchev–Trinajstić information content (AvgIpc) is 3.15. The van der Waals surface area contributed by atoms with E-state index in [1.807, 2.05) is 44.2 Å². The summed E-state index contributed by atoms with van der Waals surface area (Å²) in [5.74, 6) is 3.40. The first-order valence-corrected chi connectivity index (χ1v) is 9.48. The van der Waals surface area contributed by atoms with Gasteiger partial charge in [-0.3, -0.25) is 0 Å². The van der Waals surface area contributed by atoms with Crippen molar-refractivity contribution in [2.24, 2.45) is 0 Å². The van der Waals surface area contributed by atoms with Crippen LogP contribution in [0.4, 0.5) is 0 Å². The second-order valence-corrected chi connectivity index (χ2v) is 6.94. The maximum Gasteiger partial charge on any atom is 0.276 e. The summed E-state index contributed by atoms with van der Waals surface area (Å²) in [6.45, 7) is 4.64. The van der Waals surface area contributed by atoms with Gasteiger partial charge in [0.25, 0.3) is 5.22 Å². The van der Waals surface area contributed by atoms with E-state index >= 15 is 0 Å². The van der Waals surface area contributed by atoms with E-state index in [0.29, 0.717) is 35.0 Å². The van der Waals surface area contributed by atoms with Crippen molar-refractivity contribution >= 4 is 11.8 Å². The molecule has 7 heteroatoms. The summed E-state index contributed by atoms with van der Waals surface area (Å²) in [7, 11) is 3.20. The summed E-state index contributed by atoms with van der Waals surface area (Å²) >= 11 is 1.46. The van der Waals surface area contributed by atoms with Crippen LogP contribution in [0.15, 0.2) is 46.0 Å². The van der Waals surface area contributed by atoms with E-state index < -0.39 is 0 Å². The van der Waals surface area contributed by atoms with E-state index in [-0.39, 0.29) is 0 Å². The van der Waals surface area contributed by atoms with Crippen molar-refractivity contribution in [1.82, 2.24) is 10.2 Å². The Bertz CT molecular complexity index is 868. The summed E-state index contributed by atoms with van der Waals surface area (Å²) in [4.78, 5) is 0. The molecule has 0 saturated heterocycles. The SMILES string of the molecule is COc1cc(OC)cc(-c2nnc(SCCOc3c(C)cccc3C)o2)c1. The highest BCUT2D eigenvalue weighted by atomic mass is 32.2. The second kappa shape index (κ2) is 8.81. The van der Waals surface area contributed by atoms with Crippen LogP contribution in [0, 0.1) is 13.8 Å². The van der Waals surface area contributed by atoms with E-state index in [1.54, 1.807) is 20.3 Å². The Morgan fingerprint density at radius 1 is 0.963 bits per heavy atom. The molecule has 0 aliphatic heterocycles. The first kappa shape index (κ1) is 19.1. The molecule has 3 rings (SSSR count). The van der Waals surface area contributed by atoms with E-state index in [0.717, 1.165) is 22.4 Å². The molecule has 3 aromatic rings. The van der Waals surface area contributed by atoms with Gasteiger partial charge < -0.3 is 18.6 Å². The molecule has 1 heterocycles. The first-order valence-electron chi connectivity index (χ1n) is 8.49. The third-order valence-electron chi connectivity index (χ3n) is 3.97. The van der Waals surface area contributed by atoms with Gasteiger partial charge in [0, 0.05) is 17.4 Å². The third kappa shape index (κ3) is 4.74. The number of aromatic nitrogens is 2. The fourth-order valence-electron chi connectivity index (χ4n) is 2.62. The van der Waals surface area contributed by atoms with E-state index in [2.05, 4.69) is 10.2 Å². The number of para-hydroxylation sites is 1. The molecule has 2 aromatic carbocycles. The number of thioether (sulfide) groups is 1. The van der Waals surface area contributed by atoms with Crippen LogP contribution < -0.4 is 14.2 Å². The molecule has 142 valence electrons. The molecule has 0 atom stereocenters. The van der Waals surface area contributed by atoms with Crippen LogP contribution in [0.2, 0.25) is 0 Å². The zero-order chi connectivity index (χ0) is 19.2. The highest BCUT2D eigenvalue weighted by Crippen LogP contribution is 2.30. The van der Waals surface area contributed by atoms with Gasteiger partial charge in [-0.1, -0.05) is 30.0 Å². The van der Waals surface area contributed by atoms with Crippen molar-refractivity contribution in [2.75, 3.05) is 26.6 Å². The van der Waals surface area contributed by atoms with Crippen molar-refractivity contribution in [3.05, 3.63) is 47.5 Å². The molecule has 0 aliphatic carbocycles. The van der Waals surface area contributed by atoms with Gasteiger partial charge in [-0.25, -0.2) is 0 Å². The third-order valence-corrected chi connectivity index (χ3v) is 4.75. The number of ether oxygens (including phenoxy) is 3. The van der Waals surface area contributed by atoms with Gasteiger partial charge in [-0.15, -0.1) is 10.2 Å². The van der Waals surface area contributed by atoms with Crippen molar-refractivity contribution in [1.29, 1.82) is 0 Å². The molecule has 1 aromatic heterocycles. The Kier molecular flexibility index (Phi) is 6.24. The smallest absolute Gasteiger partial charge is 0.276 e. The minimum Gasteiger partial charge on any atom is -0.497 e. The van der Waals surface area contributed by atoms with Gasteiger partial charge in [0.2, 0.25) is 5.89 Å². The lowest BCUT2D eigenvalue weighted by Crippen LogP contribution is -2.02. The summed E-state index contributed by atoms with van der Waals surface area (Å²) < 4.78 is 22.2. The van der Waals surface area contributed by atoms with Crippen LogP contribution in [0.5, 0.6) is 17.2 Å². The Morgan fingerprint density at radius 3 is 2.26 bits per heavy atom. The van der Waals surface area contributed by atoms with Crippen molar-refractivity contribution in [3.63, 3.8) is 0 Å². The van der Waals surface area contributed by atoms with Crippen LogP contribution in [-0.2, 0) is 0 Å². The van der Waals surface area contributed by atoms with Crippen molar-refractivity contribution in [2.45, 2.75) is 19.1 Å². The molecule has 0 aliphatic rings. The molecule has 0 spiro atoms. The summed E-state index contributed by atoms with van der Waals surface area (Å²) in [5.41, 5.74) is 3.01. The van der Waals surface area contributed by atoms with Crippen LogP contribution in [0.3, 0.4) is 0 Å². The van der Waals surface area contributed by atoms with Crippen LogP contribution in [0.25, 0.3) is 11.5 Å². The number of aryl methyl sites for hydroxylation is 2. The summed E-state index contributed by atoms with van der Waals surface area (Å²) in [6, 6.07) is 11.6. The fraction of sp³-hybridized carbons (Fsp3) is 0.300. The quantitative estimate of drug-likeness (QED) is 0.416. The van der Waals surface area contributed by atoms with E-state index in [1.165, 1.54) is 11.8 Å². The minimum atomic E-state index is 0.422. The first-order chi connectivity index (χ1) is 13.1. The molecule has 27 heavy (non-hydrogen) atoms. The zero-order valence-corrected chi connectivity index (χ0v) is 16.6. The molecule has 0 N–H and O–H groups in total. The van der Waals surface area contributed by atoms with E-state index in [4.69, 9.17) is 18.6 Å². The molecule has 0 bridgehead atoms. The second-order valence-electron chi connectivity index (χ2n) is 5.89. The lowest BCUT2D eigenvalue weighted by Gasteiger charge is -2.10. The largest absolute Gasteiger partial charge is 0.497 e. The van der Waals surface area contributed by atoms with Crippen LogP contribution >= 0.6 is 11.8 Å². The Labute approximate surface area is 162 Å². The van der Waals surface area contributed by atoms with Gasteiger partial charge in [-0.2, -0.15) is 0 Å². The van der Waals surface area contributed by atoms with Crippen molar-refractivity contribution in [3.8, 4) is 28.7 Å².